The van der Waals surface area contributed by atoms with Gasteiger partial charge in [0.25, 0.3) is 5.91 Å². The average molecular weight is 311 g/mol. The van der Waals surface area contributed by atoms with Gasteiger partial charge in [-0.15, -0.1) is 0 Å². The quantitative estimate of drug-likeness (QED) is 0.896. The summed E-state index contributed by atoms with van der Waals surface area (Å²) in [4.78, 5) is 15.7. The second-order valence-electron chi connectivity index (χ2n) is 3.47. The summed E-state index contributed by atoms with van der Waals surface area (Å²) in [5.41, 5.74) is -0.142. The van der Waals surface area contributed by atoms with Gasteiger partial charge < -0.3 is 10.4 Å². The highest BCUT2D eigenvalue weighted by Crippen LogP contribution is 2.20. The Labute approximate surface area is 111 Å². The number of rotatable bonds is 2. The maximum Gasteiger partial charge on any atom is 0.260 e. The van der Waals surface area contributed by atoms with E-state index in [4.69, 9.17) is 0 Å². The van der Waals surface area contributed by atoms with E-state index in [1.807, 2.05) is 0 Å². The van der Waals surface area contributed by atoms with Crippen molar-refractivity contribution in [1.82, 2.24) is 4.98 Å². The summed E-state index contributed by atoms with van der Waals surface area (Å²) in [7, 11) is 0. The molecule has 0 aliphatic carbocycles. The van der Waals surface area contributed by atoms with Crippen LogP contribution < -0.4 is 5.32 Å². The maximum atomic E-state index is 13.0. The highest BCUT2D eigenvalue weighted by Gasteiger charge is 2.12. The molecule has 92 valence electrons. The molecule has 1 heterocycles. The predicted octanol–water partition coefficient (Wildman–Crippen LogP) is 2.94. The number of hydrogen-bond acceptors (Lipinski definition) is 3. The number of nitrogens with one attached hydrogen (secondary N) is 1. The topological polar surface area (TPSA) is 62.2 Å². The van der Waals surface area contributed by atoms with Crippen LogP contribution >= 0.6 is 15.9 Å². The van der Waals surface area contributed by atoms with Crippen molar-refractivity contribution in [1.29, 1.82) is 0 Å². The van der Waals surface area contributed by atoms with Crippen LogP contribution in [0.25, 0.3) is 0 Å². The molecule has 1 aromatic heterocycles. The Hall–Kier alpha value is -1.95. The fourth-order valence-corrected chi connectivity index (χ4v) is 1.68. The van der Waals surface area contributed by atoms with Crippen LogP contribution in [0.5, 0.6) is 5.75 Å². The number of halogens is 2. The van der Waals surface area contributed by atoms with Crippen LogP contribution in [0.2, 0.25) is 0 Å². The number of aromatic hydroxyl groups is 1. The van der Waals surface area contributed by atoms with Crippen molar-refractivity contribution >= 4 is 27.7 Å². The number of amides is 1. The first-order valence-corrected chi connectivity index (χ1v) is 5.77. The highest BCUT2D eigenvalue weighted by atomic mass is 79.9. The predicted molar refractivity (Wildman–Crippen MR) is 68.0 cm³/mol. The number of benzene rings is 1. The molecule has 1 aromatic carbocycles. The zero-order chi connectivity index (χ0) is 13.1. The number of phenolic OH excluding ortho intramolecular Hbond substituents is 1. The van der Waals surface area contributed by atoms with Gasteiger partial charge in [-0.25, -0.2) is 9.37 Å². The van der Waals surface area contributed by atoms with Crippen molar-refractivity contribution in [3.63, 3.8) is 0 Å². The lowest BCUT2D eigenvalue weighted by Crippen LogP contribution is -2.13. The van der Waals surface area contributed by atoms with Gasteiger partial charge in [0.1, 0.15) is 17.4 Å². The maximum absolute atomic E-state index is 13.0. The number of anilines is 1. The van der Waals surface area contributed by atoms with E-state index in [2.05, 4.69) is 26.2 Å². The van der Waals surface area contributed by atoms with Crippen LogP contribution in [0.4, 0.5) is 10.2 Å². The Morgan fingerprint density at radius 3 is 2.83 bits per heavy atom. The molecule has 0 saturated carbocycles. The Morgan fingerprint density at radius 1 is 1.33 bits per heavy atom. The number of aromatic nitrogens is 1. The fraction of sp³-hybridized carbons (Fsp3) is 0. The van der Waals surface area contributed by atoms with Crippen molar-refractivity contribution in [2.24, 2.45) is 0 Å². The molecule has 2 aromatic rings. The molecule has 0 radical (unpaired) electrons. The van der Waals surface area contributed by atoms with Crippen LogP contribution in [0, 0.1) is 5.82 Å². The molecule has 0 aliphatic rings. The van der Waals surface area contributed by atoms with Gasteiger partial charge in [0.2, 0.25) is 0 Å². The zero-order valence-electron chi connectivity index (χ0n) is 9.02. The van der Waals surface area contributed by atoms with Gasteiger partial charge in [0.05, 0.1) is 5.56 Å². The third kappa shape index (κ3) is 2.84. The van der Waals surface area contributed by atoms with Crippen LogP contribution in [0.1, 0.15) is 10.4 Å². The Bertz CT molecular complexity index is 604. The molecule has 2 N–H and O–H groups in total. The SMILES string of the molecule is O=C(Nc1cc(Br)ccn1)c1cc(F)ccc1O. The minimum Gasteiger partial charge on any atom is -0.507 e. The smallest absolute Gasteiger partial charge is 0.260 e. The van der Waals surface area contributed by atoms with Gasteiger partial charge in [0.15, 0.2) is 0 Å². The number of nitrogens with zero attached hydrogens (tertiary/aromatic N) is 1. The summed E-state index contributed by atoms with van der Waals surface area (Å²) in [6.07, 6.45) is 1.51. The molecule has 0 saturated heterocycles. The lowest BCUT2D eigenvalue weighted by atomic mass is 10.2. The largest absolute Gasteiger partial charge is 0.507 e. The number of pyridine rings is 1. The minimum absolute atomic E-state index is 0.142. The summed E-state index contributed by atoms with van der Waals surface area (Å²) < 4.78 is 13.7. The summed E-state index contributed by atoms with van der Waals surface area (Å²) >= 11 is 3.23. The molecule has 0 bridgehead atoms. The molecule has 2 rings (SSSR count). The van der Waals surface area contributed by atoms with Crippen molar-refractivity contribution in [3.05, 3.63) is 52.4 Å². The van der Waals surface area contributed by atoms with Crippen LogP contribution in [0.3, 0.4) is 0 Å². The molecule has 6 heteroatoms. The summed E-state index contributed by atoms with van der Waals surface area (Å²) in [5.74, 6) is -1.21. The summed E-state index contributed by atoms with van der Waals surface area (Å²) in [6.45, 7) is 0. The molecule has 18 heavy (non-hydrogen) atoms. The van der Waals surface area contributed by atoms with Gasteiger partial charge in [0, 0.05) is 10.7 Å². The van der Waals surface area contributed by atoms with E-state index in [0.717, 1.165) is 22.7 Å². The first-order valence-electron chi connectivity index (χ1n) is 4.97. The third-order valence-electron chi connectivity index (χ3n) is 2.17. The van der Waals surface area contributed by atoms with E-state index < -0.39 is 11.7 Å². The zero-order valence-corrected chi connectivity index (χ0v) is 10.6. The highest BCUT2D eigenvalue weighted by molar-refractivity contribution is 9.10. The van der Waals surface area contributed by atoms with E-state index in [9.17, 15) is 14.3 Å². The van der Waals surface area contributed by atoms with Gasteiger partial charge in [-0.3, -0.25) is 4.79 Å². The first-order chi connectivity index (χ1) is 8.56. The first kappa shape index (κ1) is 12.5. The third-order valence-corrected chi connectivity index (χ3v) is 2.66. The second-order valence-corrected chi connectivity index (χ2v) is 4.39. The molecule has 0 aliphatic heterocycles. The molecule has 1 amide bonds. The lowest BCUT2D eigenvalue weighted by molar-refractivity contribution is 0.102. The van der Waals surface area contributed by atoms with Gasteiger partial charge >= 0.3 is 0 Å². The van der Waals surface area contributed by atoms with Gasteiger partial charge in [-0.05, 0) is 30.3 Å². The standard InChI is InChI=1S/C12H8BrFN2O2/c13-7-3-4-15-11(5-7)16-12(18)9-6-8(14)1-2-10(9)17/h1-6,17H,(H,15,16,18). The van der Waals surface area contributed by atoms with E-state index in [-0.39, 0.29) is 11.3 Å². The fourth-order valence-electron chi connectivity index (χ4n) is 1.35. The molecular formula is C12H8BrFN2O2. The van der Waals surface area contributed by atoms with Crippen molar-refractivity contribution in [2.75, 3.05) is 5.32 Å². The molecular weight excluding hydrogens is 303 g/mol. The molecule has 4 nitrogen and oxygen atoms in total. The Balaban J connectivity index is 2.24. The van der Waals surface area contributed by atoms with Gasteiger partial charge in [-0.1, -0.05) is 15.9 Å². The summed E-state index contributed by atoms with van der Waals surface area (Å²) in [5, 5.41) is 11.9. The van der Waals surface area contributed by atoms with Crippen molar-refractivity contribution in [2.45, 2.75) is 0 Å². The average Bonchev–Trinajstić information content (AvgIpc) is 2.32. The second kappa shape index (κ2) is 5.14. The van der Waals surface area contributed by atoms with E-state index in [1.165, 1.54) is 6.20 Å². The van der Waals surface area contributed by atoms with Crippen molar-refractivity contribution < 1.29 is 14.3 Å². The number of hydrogen-bond donors (Lipinski definition) is 2. The van der Waals surface area contributed by atoms with Crippen LogP contribution in [-0.2, 0) is 0 Å². The van der Waals surface area contributed by atoms with Crippen LogP contribution in [-0.4, -0.2) is 16.0 Å². The molecule has 0 spiro atoms. The van der Waals surface area contributed by atoms with Crippen LogP contribution in [0.15, 0.2) is 41.0 Å². The molecule has 0 atom stereocenters. The summed E-state index contributed by atoms with van der Waals surface area (Å²) in [6, 6.07) is 6.45. The number of carbonyl (C=O) groups excluding carboxylic acids is 1. The normalized spacial score (nSPS) is 10.1. The Kier molecular flexibility index (Phi) is 3.57. The van der Waals surface area contributed by atoms with Crippen molar-refractivity contribution in [3.8, 4) is 5.75 Å². The lowest BCUT2D eigenvalue weighted by Gasteiger charge is -2.06. The monoisotopic (exact) mass is 310 g/mol. The van der Waals surface area contributed by atoms with Gasteiger partial charge in [-0.2, -0.15) is 0 Å². The molecule has 0 unspecified atom stereocenters. The van der Waals surface area contributed by atoms with E-state index in [0.29, 0.717) is 5.82 Å². The Morgan fingerprint density at radius 2 is 2.11 bits per heavy atom. The van der Waals surface area contributed by atoms with E-state index in [1.54, 1.807) is 12.1 Å². The minimum atomic E-state index is -0.627. The van der Waals surface area contributed by atoms with E-state index >= 15 is 0 Å². The number of phenols is 1. The molecule has 0 fully saturated rings. The number of carbonyl (C=O) groups is 1.